The van der Waals surface area contributed by atoms with Gasteiger partial charge in [-0.1, -0.05) is 12.8 Å². The van der Waals surface area contributed by atoms with Crippen molar-refractivity contribution in [3.05, 3.63) is 35.6 Å². The topological polar surface area (TPSA) is 29.1 Å². The first-order chi connectivity index (χ1) is 8.65. The Morgan fingerprint density at radius 1 is 1.33 bits per heavy atom. The van der Waals surface area contributed by atoms with E-state index in [1.165, 1.54) is 37.1 Å². The number of nitrogens with one attached hydrogen (secondary N) is 1. The lowest BCUT2D eigenvalue weighted by atomic mass is 10.1. The Morgan fingerprint density at radius 2 is 1.94 bits per heavy atom. The Hall–Kier alpha value is -1.03. The lowest BCUT2D eigenvalue weighted by molar-refractivity contribution is 0.0949. The zero-order valence-corrected chi connectivity index (χ0v) is 11.4. The molecule has 1 saturated carbocycles. The summed E-state index contributed by atoms with van der Waals surface area (Å²) < 4.78 is 13.0. The van der Waals surface area contributed by atoms with Gasteiger partial charge < -0.3 is 5.32 Å². The van der Waals surface area contributed by atoms with Gasteiger partial charge in [0.1, 0.15) is 5.82 Å². The van der Waals surface area contributed by atoms with Crippen LogP contribution < -0.4 is 5.32 Å². The predicted octanol–water partition coefficient (Wildman–Crippen LogP) is 3.23. The molecule has 0 bridgehead atoms. The Kier molecular flexibility index (Phi) is 4.27. The fraction of sp³-hybridized carbons (Fsp3) is 0.500. The van der Waals surface area contributed by atoms with Gasteiger partial charge in [-0.2, -0.15) is 11.8 Å². The molecule has 0 atom stereocenters. The van der Waals surface area contributed by atoms with Gasteiger partial charge in [0.2, 0.25) is 0 Å². The number of hydrogen-bond acceptors (Lipinski definition) is 2. The highest BCUT2D eigenvalue weighted by Gasteiger charge is 2.33. The molecule has 0 spiro atoms. The molecule has 0 aliphatic heterocycles. The van der Waals surface area contributed by atoms with E-state index in [0.717, 1.165) is 12.8 Å². The monoisotopic (exact) mass is 267 g/mol. The van der Waals surface area contributed by atoms with E-state index in [4.69, 9.17) is 0 Å². The fourth-order valence-corrected chi connectivity index (χ4v) is 3.33. The third-order valence-corrected chi connectivity index (χ3v) is 5.04. The van der Waals surface area contributed by atoms with Crippen molar-refractivity contribution in [3.8, 4) is 0 Å². The summed E-state index contributed by atoms with van der Waals surface area (Å²) in [6.45, 7) is 0.699. The van der Waals surface area contributed by atoms with Crippen LogP contribution in [0.2, 0.25) is 0 Å². The van der Waals surface area contributed by atoms with Crippen LogP contribution in [0.1, 0.15) is 36.0 Å². The molecule has 18 heavy (non-hydrogen) atoms. The lowest BCUT2D eigenvalue weighted by Crippen LogP contribution is -2.38. The summed E-state index contributed by atoms with van der Waals surface area (Å²) >= 11 is 1.84. The molecule has 1 aliphatic carbocycles. The predicted molar refractivity (Wildman–Crippen MR) is 73.4 cm³/mol. The fourth-order valence-electron chi connectivity index (χ4n) is 2.42. The molecule has 1 fully saturated rings. The van der Waals surface area contributed by atoms with Crippen LogP contribution >= 0.6 is 11.8 Å². The number of carbonyl (C=O) groups is 1. The number of amides is 1. The molecular formula is C14H18FNOS. The average Bonchev–Trinajstić information content (AvgIpc) is 2.86. The second kappa shape index (κ2) is 5.74. The second-order valence-electron chi connectivity index (χ2n) is 4.78. The van der Waals surface area contributed by atoms with Crippen molar-refractivity contribution in [2.45, 2.75) is 30.4 Å². The summed E-state index contributed by atoms with van der Waals surface area (Å²) in [4.78, 5) is 11.9. The number of rotatable bonds is 4. The van der Waals surface area contributed by atoms with E-state index in [-0.39, 0.29) is 16.5 Å². The highest BCUT2D eigenvalue weighted by Crippen LogP contribution is 2.39. The van der Waals surface area contributed by atoms with Crippen molar-refractivity contribution in [3.63, 3.8) is 0 Å². The second-order valence-corrected chi connectivity index (χ2v) is 6.06. The summed E-state index contributed by atoms with van der Waals surface area (Å²) in [5.74, 6) is -0.432. The molecule has 1 N–H and O–H groups in total. The van der Waals surface area contributed by atoms with E-state index in [1.807, 2.05) is 11.8 Å². The highest BCUT2D eigenvalue weighted by atomic mass is 32.2. The number of hydrogen-bond donors (Lipinski definition) is 1. The molecule has 0 saturated heterocycles. The zero-order valence-electron chi connectivity index (χ0n) is 10.5. The maximum atomic E-state index is 12.8. The van der Waals surface area contributed by atoms with E-state index in [9.17, 15) is 9.18 Å². The van der Waals surface area contributed by atoms with Crippen molar-refractivity contribution in [2.24, 2.45) is 0 Å². The molecule has 1 amide bonds. The summed E-state index contributed by atoms with van der Waals surface area (Å²) in [7, 11) is 0. The maximum Gasteiger partial charge on any atom is 0.251 e. The summed E-state index contributed by atoms with van der Waals surface area (Å²) in [6.07, 6.45) is 6.92. The summed E-state index contributed by atoms with van der Waals surface area (Å²) in [5, 5.41) is 2.97. The molecule has 1 aromatic rings. The maximum absolute atomic E-state index is 12.8. The smallest absolute Gasteiger partial charge is 0.251 e. The molecule has 2 nitrogen and oxygen atoms in total. The molecule has 2 rings (SSSR count). The number of carbonyl (C=O) groups excluding carboxylic acids is 1. The molecule has 1 aliphatic rings. The minimum atomic E-state index is -0.317. The summed E-state index contributed by atoms with van der Waals surface area (Å²) in [5.41, 5.74) is 0.519. The van der Waals surface area contributed by atoms with Gasteiger partial charge >= 0.3 is 0 Å². The quantitative estimate of drug-likeness (QED) is 0.907. The molecule has 0 heterocycles. The normalized spacial score (nSPS) is 17.7. The van der Waals surface area contributed by atoms with Gasteiger partial charge in [0.05, 0.1) is 0 Å². The largest absolute Gasteiger partial charge is 0.351 e. The number of thioether (sulfide) groups is 1. The first-order valence-electron chi connectivity index (χ1n) is 6.24. The van der Waals surface area contributed by atoms with Crippen LogP contribution in [0, 0.1) is 5.82 Å². The minimum absolute atomic E-state index is 0.115. The first kappa shape index (κ1) is 13.4. The number of benzene rings is 1. The Labute approximate surface area is 111 Å². The minimum Gasteiger partial charge on any atom is -0.351 e. The van der Waals surface area contributed by atoms with Crippen LogP contribution in [0.5, 0.6) is 0 Å². The van der Waals surface area contributed by atoms with Crippen LogP contribution in [0.15, 0.2) is 24.3 Å². The lowest BCUT2D eigenvalue weighted by Gasteiger charge is -2.26. The van der Waals surface area contributed by atoms with Gasteiger partial charge in [0, 0.05) is 16.9 Å². The molecule has 0 unspecified atom stereocenters. The molecule has 1 aromatic carbocycles. The standard InChI is InChI=1S/C14H18FNOS/c1-18-14(8-2-3-9-14)10-16-13(17)11-4-6-12(15)7-5-11/h4-7H,2-3,8-10H2,1H3,(H,16,17). The van der Waals surface area contributed by atoms with Gasteiger partial charge in [-0.15, -0.1) is 0 Å². The van der Waals surface area contributed by atoms with Crippen molar-refractivity contribution < 1.29 is 9.18 Å². The highest BCUT2D eigenvalue weighted by molar-refractivity contribution is 8.00. The molecule has 4 heteroatoms. The summed E-state index contributed by atoms with van der Waals surface area (Å²) in [6, 6.07) is 5.67. The van der Waals surface area contributed by atoms with Gasteiger partial charge in [-0.25, -0.2) is 4.39 Å². The molecule has 98 valence electrons. The Bertz CT molecular complexity index is 412. The van der Waals surface area contributed by atoms with Gasteiger partial charge in [-0.3, -0.25) is 4.79 Å². The number of halogens is 1. The van der Waals surface area contributed by atoms with Crippen molar-refractivity contribution in [1.82, 2.24) is 5.32 Å². The van der Waals surface area contributed by atoms with Crippen molar-refractivity contribution in [1.29, 1.82) is 0 Å². The third kappa shape index (κ3) is 3.05. The van der Waals surface area contributed by atoms with Crippen LogP contribution in [0.25, 0.3) is 0 Å². The van der Waals surface area contributed by atoms with Crippen molar-refractivity contribution in [2.75, 3.05) is 12.8 Å². The van der Waals surface area contributed by atoms with Gasteiger partial charge in [0.15, 0.2) is 0 Å². The first-order valence-corrected chi connectivity index (χ1v) is 7.47. The van der Waals surface area contributed by atoms with E-state index < -0.39 is 0 Å². The van der Waals surface area contributed by atoms with Crippen LogP contribution in [0.3, 0.4) is 0 Å². The van der Waals surface area contributed by atoms with Crippen LogP contribution in [-0.2, 0) is 0 Å². The third-order valence-electron chi connectivity index (χ3n) is 3.63. The molecule has 0 radical (unpaired) electrons. The van der Waals surface area contributed by atoms with Crippen molar-refractivity contribution >= 4 is 17.7 Å². The molecular weight excluding hydrogens is 249 g/mol. The van der Waals surface area contributed by atoms with Gasteiger partial charge in [-0.05, 0) is 43.4 Å². The molecule has 0 aromatic heterocycles. The van der Waals surface area contributed by atoms with Gasteiger partial charge in [0.25, 0.3) is 5.91 Å². The van der Waals surface area contributed by atoms with Crippen LogP contribution in [0.4, 0.5) is 4.39 Å². The van der Waals surface area contributed by atoms with E-state index >= 15 is 0 Å². The zero-order chi connectivity index (χ0) is 13.0. The SMILES string of the molecule is CSC1(CNC(=O)c2ccc(F)cc2)CCCC1. The average molecular weight is 267 g/mol. The van der Waals surface area contributed by atoms with E-state index in [2.05, 4.69) is 11.6 Å². The van der Waals surface area contributed by atoms with E-state index in [1.54, 1.807) is 0 Å². The Morgan fingerprint density at radius 3 is 2.50 bits per heavy atom. The van der Waals surface area contributed by atoms with Crippen LogP contribution in [-0.4, -0.2) is 23.5 Å². The Balaban J connectivity index is 1.93. The van der Waals surface area contributed by atoms with E-state index in [0.29, 0.717) is 12.1 Å².